The first-order valence-electron chi connectivity index (χ1n) is 8.79. The molecule has 1 heterocycles. The minimum atomic E-state index is 0.574. The van der Waals surface area contributed by atoms with Crippen molar-refractivity contribution < 1.29 is 0 Å². The summed E-state index contributed by atoms with van der Waals surface area (Å²) in [7, 11) is 2.30. The Morgan fingerprint density at radius 3 is 2.00 bits per heavy atom. The fourth-order valence-corrected chi connectivity index (χ4v) is 3.52. The monoisotopic (exact) mass is 305 g/mol. The molecule has 0 N–H and O–H groups in total. The van der Waals surface area contributed by atoms with Gasteiger partial charge >= 0.3 is 0 Å². The van der Waals surface area contributed by atoms with E-state index in [4.69, 9.17) is 0 Å². The van der Waals surface area contributed by atoms with Crippen molar-refractivity contribution in [3.05, 3.63) is 83.9 Å². The Balaban J connectivity index is 1.52. The van der Waals surface area contributed by atoms with Crippen LogP contribution < -0.4 is 0 Å². The Bertz CT molecular complexity index is 602. The molecule has 0 saturated heterocycles. The Hall–Kier alpha value is -1.86. The highest BCUT2D eigenvalue weighted by Gasteiger charge is 2.23. The molecule has 0 bridgehead atoms. The SMILES string of the molecule is CN1[C@H](CCc2ccccc2)CC=C[C@@H]1CCc1ccccc1. The van der Waals surface area contributed by atoms with Crippen molar-refractivity contribution in [2.45, 2.75) is 44.2 Å². The van der Waals surface area contributed by atoms with E-state index in [1.807, 2.05) is 0 Å². The van der Waals surface area contributed by atoms with Gasteiger partial charge in [-0.1, -0.05) is 72.8 Å². The second kappa shape index (κ2) is 8.12. The highest BCUT2D eigenvalue weighted by atomic mass is 15.2. The van der Waals surface area contributed by atoms with Gasteiger partial charge in [0.25, 0.3) is 0 Å². The molecule has 3 rings (SSSR count). The molecule has 2 aromatic rings. The molecular formula is C22H27N. The van der Waals surface area contributed by atoms with Crippen LogP contribution in [0.2, 0.25) is 0 Å². The van der Waals surface area contributed by atoms with Crippen LogP contribution in [0.1, 0.15) is 30.4 Å². The summed E-state index contributed by atoms with van der Waals surface area (Å²) in [6.45, 7) is 0. The zero-order chi connectivity index (χ0) is 15.9. The summed E-state index contributed by atoms with van der Waals surface area (Å²) >= 11 is 0. The summed E-state index contributed by atoms with van der Waals surface area (Å²) in [6, 6.07) is 22.9. The second-order valence-electron chi connectivity index (χ2n) is 6.60. The van der Waals surface area contributed by atoms with Gasteiger partial charge in [0.05, 0.1) is 0 Å². The van der Waals surface area contributed by atoms with Crippen molar-refractivity contribution in [3.8, 4) is 0 Å². The highest BCUT2D eigenvalue weighted by Crippen LogP contribution is 2.22. The van der Waals surface area contributed by atoms with Crippen LogP contribution in [-0.4, -0.2) is 24.0 Å². The molecule has 1 heteroatoms. The van der Waals surface area contributed by atoms with Gasteiger partial charge in [0.1, 0.15) is 0 Å². The van der Waals surface area contributed by atoms with Crippen molar-refractivity contribution in [2.75, 3.05) is 7.05 Å². The molecule has 0 fully saturated rings. The quantitative estimate of drug-likeness (QED) is 0.687. The molecule has 23 heavy (non-hydrogen) atoms. The van der Waals surface area contributed by atoms with E-state index in [9.17, 15) is 0 Å². The molecule has 1 aliphatic rings. The molecule has 0 saturated carbocycles. The van der Waals surface area contributed by atoms with E-state index in [2.05, 4.69) is 84.8 Å². The molecule has 2 aromatic carbocycles. The van der Waals surface area contributed by atoms with Crippen molar-refractivity contribution in [1.29, 1.82) is 0 Å². The van der Waals surface area contributed by atoms with Crippen LogP contribution in [-0.2, 0) is 12.8 Å². The number of hydrogen-bond donors (Lipinski definition) is 0. The molecule has 0 aliphatic carbocycles. The van der Waals surface area contributed by atoms with Crippen LogP contribution in [0.25, 0.3) is 0 Å². The van der Waals surface area contributed by atoms with Gasteiger partial charge in [0.15, 0.2) is 0 Å². The van der Waals surface area contributed by atoms with E-state index >= 15 is 0 Å². The van der Waals surface area contributed by atoms with E-state index in [0.717, 1.165) is 6.42 Å². The minimum absolute atomic E-state index is 0.574. The summed E-state index contributed by atoms with van der Waals surface area (Å²) in [4.78, 5) is 2.59. The number of hydrogen-bond acceptors (Lipinski definition) is 1. The van der Waals surface area contributed by atoms with Gasteiger partial charge in [-0.25, -0.2) is 0 Å². The van der Waals surface area contributed by atoms with Gasteiger partial charge < -0.3 is 0 Å². The lowest BCUT2D eigenvalue weighted by Crippen LogP contribution is -2.42. The number of nitrogens with zero attached hydrogens (tertiary/aromatic N) is 1. The van der Waals surface area contributed by atoms with Gasteiger partial charge in [0, 0.05) is 12.1 Å². The summed E-state index contributed by atoms with van der Waals surface area (Å²) in [5, 5.41) is 0. The molecule has 0 radical (unpaired) electrons. The number of benzene rings is 2. The Kier molecular flexibility index (Phi) is 5.65. The van der Waals surface area contributed by atoms with E-state index in [1.165, 1.54) is 36.8 Å². The Morgan fingerprint density at radius 1 is 0.826 bits per heavy atom. The first-order chi connectivity index (χ1) is 11.3. The third-order valence-corrected chi connectivity index (χ3v) is 5.05. The predicted octanol–water partition coefficient (Wildman–Crippen LogP) is 4.88. The van der Waals surface area contributed by atoms with Crippen LogP contribution in [0.15, 0.2) is 72.8 Å². The molecule has 0 unspecified atom stereocenters. The molecule has 120 valence electrons. The van der Waals surface area contributed by atoms with E-state index < -0.39 is 0 Å². The third kappa shape index (κ3) is 4.56. The molecule has 2 atom stereocenters. The lowest BCUT2D eigenvalue weighted by Gasteiger charge is -2.36. The first-order valence-corrected chi connectivity index (χ1v) is 8.79. The Morgan fingerprint density at radius 2 is 1.39 bits per heavy atom. The largest absolute Gasteiger partial charge is 0.297 e. The number of aryl methyl sites for hydroxylation is 2. The standard InChI is InChI=1S/C22H27N/c1-23-21(17-15-19-9-4-2-5-10-19)13-8-14-22(23)18-16-20-11-6-3-7-12-20/h2-13,21-22H,14-18H2,1H3/t21-,22+/m1/s1. The molecule has 1 nitrogen and oxygen atoms in total. The number of likely N-dealkylation sites (N-methyl/N-ethyl adjacent to an activating group) is 1. The molecule has 0 aromatic heterocycles. The van der Waals surface area contributed by atoms with Gasteiger partial charge in [0.2, 0.25) is 0 Å². The maximum Gasteiger partial charge on any atom is 0.0281 e. The topological polar surface area (TPSA) is 3.24 Å². The van der Waals surface area contributed by atoms with E-state index in [0.29, 0.717) is 12.1 Å². The smallest absolute Gasteiger partial charge is 0.0281 e. The van der Waals surface area contributed by atoms with Crippen molar-refractivity contribution >= 4 is 0 Å². The second-order valence-corrected chi connectivity index (χ2v) is 6.60. The number of rotatable bonds is 6. The lowest BCUT2D eigenvalue weighted by atomic mass is 9.94. The van der Waals surface area contributed by atoms with Crippen molar-refractivity contribution in [3.63, 3.8) is 0 Å². The van der Waals surface area contributed by atoms with Gasteiger partial charge in [-0.2, -0.15) is 0 Å². The summed E-state index contributed by atoms with van der Waals surface area (Å²) in [5.74, 6) is 0. The van der Waals surface area contributed by atoms with Crippen LogP contribution in [0.5, 0.6) is 0 Å². The van der Waals surface area contributed by atoms with Gasteiger partial charge in [-0.15, -0.1) is 0 Å². The van der Waals surface area contributed by atoms with Gasteiger partial charge in [-0.05, 0) is 50.3 Å². The zero-order valence-corrected chi connectivity index (χ0v) is 14.1. The van der Waals surface area contributed by atoms with E-state index in [-0.39, 0.29) is 0 Å². The maximum atomic E-state index is 2.59. The zero-order valence-electron chi connectivity index (χ0n) is 14.1. The minimum Gasteiger partial charge on any atom is -0.297 e. The lowest BCUT2D eigenvalue weighted by molar-refractivity contribution is 0.175. The molecule has 0 amide bonds. The fourth-order valence-electron chi connectivity index (χ4n) is 3.52. The average molecular weight is 305 g/mol. The maximum absolute atomic E-state index is 2.59. The average Bonchev–Trinajstić information content (AvgIpc) is 2.61. The van der Waals surface area contributed by atoms with Crippen LogP contribution >= 0.6 is 0 Å². The van der Waals surface area contributed by atoms with E-state index in [1.54, 1.807) is 0 Å². The Labute approximate surface area is 140 Å². The van der Waals surface area contributed by atoms with Gasteiger partial charge in [-0.3, -0.25) is 4.90 Å². The van der Waals surface area contributed by atoms with Crippen LogP contribution in [0.3, 0.4) is 0 Å². The normalized spacial score (nSPS) is 21.4. The fraction of sp³-hybridized carbons (Fsp3) is 0.364. The summed E-state index contributed by atoms with van der Waals surface area (Å²) < 4.78 is 0. The molecule has 0 spiro atoms. The summed E-state index contributed by atoms with van der Waals surface area (Å²) in [6.07, 6.45) is 10.8. The first kappa shape index (κ1) is 16.0. The third-order valence-electron chi connectivity index (χ3n) is 5.05. The molecular weight excluding hydrogens is 278 g/mol. The summed E-state index contributed by atoms with van der Waals surface area (Å²) in [5.41, 5.74) is 2.90. The van der Waals surface area contributed by atoms with Crippen LogP contribution in [0.4, 0.5) is 0 Å². The highest BCUT2D eigenvalue weighted by molar-refractivity contribution is 5.17. The van der Waals surface area contributed by atoms with Crippen molar-refractivity contribution in [1.82, 2.24) is 4.90 Å². The molecule has 1 aliphatic heterocycles. The van der Waals surface area contributed by atoms with Crippen molar-refractivity contribution in [2.24, 2.45) is 0 Å². The predicted molar refractivity (Wildman–Crippen MR) is 98.6 cm³/mol. The van der Waals surface area contributed by atoms with Crippen LogP contribution in [0, 0.1) is 0 Å².